The van der Waals surface area contributed by atoms with Gasteiger partial charge in [0, 0.05) is 11.1 Å². The second-order valence-electron chi connectivity index (χ2n) is 8.93. The fourth-order valence-electron chi connectivity index (χ4n) is 4.49. The zero-order chi connectivity index (χ0) is 25.2. The van der Waals surface area contributed by atoms with E-state index in [0.717, 1.165) is 39.9 Å². The minimum Gasteiger partial charge on any atom is -0.497 e. The summed E-state index contributed by atoms with van der Waals surface area (Å²) in [5.74, 6) is 0.550. The van der Waals surface area contributed by atoms with Crippen LogP contribution < -0.4 is 15.6 Å². The minimum atomic E-state index is -0.205. The predicted octanol–water partition coefficient (Wildman–Crippen LogP) is 4.92. The minimum absolute atomic E-state index is 0.00204. The zero-order valence-corrected chi connectivity index (χ0v) is 20.6. The summed E-state index contributed by atoms with van der Waals surface area (Å²) >= 11 is 0. The van der Waals surface area contributed by atoms with Crippen molar-refractivity contribution in [2.45, 2.75) is 33.4 Å². The third-order valence-corrected chi connectivity index (χ3v) is 6.44. The number of hydrogen-bond acceptors (Lipinski definition) is 4. The van der Waals surface area contributed by atoms with Gasteiger partial charge in [0.2, 0.25) is 5.91 Å². The highest BCUT2D eigenvalue weighted by atomic mass is 16.5. The monoisotopic (exact) mass is 480 g/mol. The summed E-state index contributed by atoms with van der Waals surface area (Å²) in [4.78, 5) is 31.4. The number of ether oxygens (including phenoxy) is 1. The van der Waals surface area contributed by atoms with E-state index in [9.17, 15) is 9.59 Å². The first kappa shape index (κ1) is 23.4. The van der Waals surface area contributed by atoms with Crippen molar-refractivity contribution in [3.05, 3.63) is 100 Å². The molecule has 0 unspecified atom stereocenters. The second kappa shape index (κ2) is 9.70. The number of hydrogen-bond donors (Lipinski definition) is 1. The lowest BCUT2D eigenvalue weighted by atomic mass is 10.1. The maximum Gasteiger partial charge on any atom is 0.278 e. The van der Waals surface area contributed by atoms with Crippen LogP contribution in [0.3, 0.4) is 0 Å². The van der Waals surface area contributed by atoms with E-state index in [1.165, 1.54) is 5.56 Å². The Kier molecular flexibility index (Phi) is 6.29. The quantitative estimate of drug-likeness (QED) is 0.359. The van der Waals surface area contributed by atoms with E-state index >= 15 is 0 Å². The van der Waals surface area contributed by atoms with E-state index in [0.29, 0.717) is 17.6 Å². The third-order valence-electron chi connectivity index (χ3n) is 6.44. The molecule has 182 valence electrons. The topological polar surface area (TPSA) is 78.2 Å². The molecule has 2 heterocycles. The second-order valence-corrected chi connectivity index (χ2v) is 8.93. The number of aromatic nitrogens is 3. The molecule has 0 aliphatic heterocycles. The number of nitrogens with one attached hydrogen (secondary N) is 1. The number of amides is 1. The Morgan fingerprint density at radius 2 is 1.72 bits per heavy atom. The Bertz CT molecular complexity index is 1610. The van der Waals surface area contributed by atoms with Gasteiger partial charge in [0.15, 0.2) is 0 Å². The van der Waals surface area contributed by atoms with Crippen LogP contribution in [0.4, 0.5) is 5.69 Å². The SMILES string of the molecule is CCc1ccc(NC(=O)Cn2c3ccc(C)cc3c3ncn(Cc4ccc(OC)cc4)c(=O)c32)cc1. The summed E-state index contributed by atoms with van der Waals surface area (Å²) in [6.45, 7) is 4.46. The standard InChI is InChI=1S/C29H28N4O3/c1-4-20-6-10-22(11-7-20)31-26(34)17-33-25-14-5-19(2)15-24(25)27-28(33)29(35)32(18-30-27)16-21-8-12-23(36-3)13-9-21/h5-15,18H,4,16-17H2,1-3H3,(H,31,34). The Morgan fingerprint density at radius 3 is 2.42 bits per heavy atom. The largest absolute Gasteiger partial charge is 0.497 e. The molecule has 1 N–H and O–H groups in total. The lowest BCUT2D eigenvalue weighted by Gasteiger charge is -2.10. The van der Waals surface area contributed by atoms with Crippen LogP contribution in [0, 0.1) is 6.92 Å². The summed E-state index contributed by atoms with van der Waals surface area (Å²) in [7, 11) is 1.62. The average Bonchev–Trinajstić information content (AvgIpc) is 3.19. The van der Waals surface area contributed by atoms with E-state index in [1.54, 1.807) is 22.6 Å². The van der Waals surface area contributed by atoms with Crippen LogP contribution in [0.2, 0.25) is 0 Å². The van der Waals surface area contributed by atoms with Crippen LogP contribution in [0.25, 0.3) is 21.9 Å². The van der Waals surface area contributed by atoms with Gasteiger partial charge in [-0.05, 0) is 60.9 Å². The summed E-state index contributed by atoms with van der Waals surface area (Å²) in [5.41, 5.74) is 5.58. The molecule has 0 atom stereocenters. The Labute approximate surface area is 209 Å². The number of carbonyl (C=O) groups excluding carboxylic acids is 1. The molecule has 0 bridgehead atoms. The number of rotatable bonds is 7. The Hall–Kier alpha value is -4.39. The number of carbonyl (C=O) groups is 1. The van der Waals surface area contributed by atoms with E-state index in [2.05, 4.69) is 17.2 Å². The van der Waals surface area contributed by atoms with Gasteiger partial charge in [-0.2, -0.15) is 0 Å². The molecule has 0 radical (unpaired) electrons. The van der Waals surface area contributed by atoms with Gasteiger partial charge in [0.25, 0.3) is 5.56 Å². The van der Waals surface area contributed by atoms with Crippen LogP contribution in [0.15, 0.2) is 77.9 Å². The number of benzene rings is 3. The van der Waals surface area contributed by atoms with Gasteiger partial charge < -0.3 is 14.6 Å². The van der Waals surface area contributed by atoms with E-state index in [-0.39, 0.29) is 18.0 Å². The fourth-order valence-corrected chi connectivity index (χ4v) is 4.49. The van der Waals surface area contributed by atoms with Crippen molar-refractivity contribution in [3.8, 4) is 5.75 Å². The number of methoxy groups -OCH3 is 1. The number of anilines is 1. The maximum atomic E-state index is 13.7. The van der Waals surface area contributed by atoms with Gasteiger partial charge in [-0.1, -0.05) is 42.8 Å². The molecule has 0 fully saturated rings. The normalized spacial score (nSPS) is 11.2. The Balaban J connectivity index is 1.54. The molecule has 2 aromatic heterocycles. The van der Waals surface area contributed by atoms with Crippen molar-refractivity contribution in [2.24, 2.45) is 0 Å². The smallest absolute Gasteiger partial charge is 0.278 e. The van der Waals surface area contributed by atoms with Gasteiger partial charge in [0.05, 0.1) is 25.5 Å². The van der Waals surface area contributed by atoms with Crippen molar-refractivity contribution in [1.29, 1.82) is 0 Å². The van der Waals surface area contributed by atoms with Gasteiger partial charge in [-0.3, -0.25) is 14.2 Å². The molecular weight excluding hydrogens is 452 g/mol. The van der Waals surface area contributed by atoms with Gasteiger partial charge >= 0.3 is 0 Å². The van der Waals surface area contributed by atoms with Gasteiger partial charge in [-0.25, -0.2) is 4.98 Å². The van der Waals surface area contributed by atoms with Crippen LogP contribution >= 0.6 is 0 Å². The molecule has 36 heavy (non-hydrogen) atoms. The van der Waals surface area contributed by atoms with Crippen molar-refractivity contribution >= 4 is 33.5 Å². The molecule has 0 aliphatic rings. The third kappa shape index (κ3) is 4.47. The van der Waals surface area contributed by atoms with E-state index in [4.69, 9.17) is 4.74 Å². The molecule has 3 aromatic carbocycles. The van der Waals surface area contributed by atoms with Crippen molar-refractivity contribution in [3.63, 3.8) is 0 Å². The molecular formula is C29H28N4O3. The number of fused-ring (bicyclic) bond motifs is 3. The van der Waals surface area contributed by atoms with Crippen LogP contribution in [0.1, 0.15) is 23.6 Å². The first-order chi connectivity index (χ1) is 17.5. The van der Waals surface area contributed by atoms with Gasteiger partial charge in [0.1, 0.15) is 23.3 Å². The average molecular weight is 481 g/mol. The summed E-state index contributed by atoms with van der Waals surface area (Å²) in [5, 5.41) is 3.82. The van der Waals surface area contributed by atoms with E-state index in [1.807, 2.05) is 73.7 Å². The zero-order valence-electron chi connectivity index (χ0n) is 20.6. The predicted molar refractivity (Wildman–Crippen MR) is 143 cm³/mol. The molecule has 0 spiro atoms. The van der Waals surface area contributed by atoms with Gasteiger partial charge in [-0.15, -0.1) is 0 Å². The molecule has 7 heteroatoms. The summed E-state index contributed by atoms with van der Waals surface area (Å²) < 4.78 is 8.58. The Morgan fingerprint density at radius 1 is 1.00 bits per heavy atom. The molecule has 0 saturated carbocycles. The van der Waals surface area contributed by atoms with Crippen LogP contribution in [-0.2, 0) is 24.3 Å². The molecule has 5 aromatic rings. The van der Waals surface area contributed by atoms with Crippen molar-refractivity contribution in [1.82, 2.24) is 14.1 Å². The highest BCUT2D eigenvalue weighted by Crippen LogP contribution is 2.27. The molecule has 1 amide bonds. The first-order valence-corrected chi connectivity index (χ1v) is 12.0. The number of aryl methyl sites for hydroxylation is 2. The lowest BCUT2D eigenvalue weighted by Crippen LogP contribution is -2.25. The highest BCUT2D eigenvalue weighted by Gasteiger charge is 2.19. The maximum absolute atomic E-state index is 13.7. The van der Waals surface area contributed by atoms with Crippen LogP contribution in [-0.4, -0.2) is 27.1 Å². The van der Waals surface area contributed by atoms with Crippen LogP contribution in [0.5, 0.6) is 5.75 Å². The molecule has 0 saturated heterocycles. The van der Waals surface area contributed by atoms with Crippen molar-refractivity contribution in [2.75, 3.05) is 12.4 Å². The molecule has 5 rings (SSSR count). The summed E-state index contributed by atoms with van der Waals surface area (Å²) in [6.07, 6.45) is 2.52. The van der Waals surface area contributed by atoms with Crippen molar-refractivity contribution < 1.29 is 9.53 Å². The lowest BCUT2D eigenvalue weighted by molar-refractivity contribution is -0.116. The molecule has 7 nitrogen and oxygen atoms in total. The highest BCUT2D eigenvalue weighted by molar-refractivity contribution is 6.06. The first-order valence-electron chi connectivity index (χ1n) is 12.0. The van der Waals surface area contributed by atoms with E-state index < -0.39 is 0 Å². The summed E-state index contributed by atoms with van der Waals surface area (Å²) in [6, 6.07) is 21.3. The number of nitrogens with zero attached hydrogens (tertiary/aromatic N) is 3. The molecule has 0 aliphatic carbocycles. The fraction of sp³-hybridized carbons (Fsp3) is 0.207.